The summed E-state index contributed by atoms with van der Waals surface area (Å²) in [6.07, 6.45) is -2.15. The minimum Gasteiger partial charge on any atom is -0.550 e. The van der Waals surface area contributed by atoms with Gasteiger partial charge in [0.25, 0.3) is 0 Å². The van der Waals surface area contributed by atoms with Crippen LogP contribution in [0.2, 0.25) is 0 Å². The van der Waals surface area contributed by atoms with E-state index in [-0.39, 0.29) is 30.2 Å². The van der Waals surface area contributed by atoms with Gasteiger partial charge in [0.05, 0.1) is 17.9 Å². The van der Waals surface area contributed by atoms with Crippen LogP contribution in [-0.4, -0.2) is 58.8 Å². The summed E-state index contributed by atoms with van der Waals surface area (Å²) in [7, 11) is -3.88. The smallest absolute Gasteiger partial charge is 0.245 e. The normalized spacial score (nSPS) is 15.7. The number of rotatable bonds is 12. The summed E-state index contributed by atoms with van der Waals surface area (Å²) < 4.78 is 45.4. The van der Waals surface area contributed by atoms with Crippen molar-refractivity contribution in [1.29, 1.82) is 0 Å². The summed E-state index contributed by atoms with van der Waals surface area (Å²) in [5.41, 5.74) is 2.99. The number of hydrogen-bond donors (Lipinski definition) is 2. The van der Waals surface area contributed by atoms with E-state index in [0.29, 0.717) is 41.2 Å². The molecule has 10 heteroatoms. The topological polar surface area (TPSA) is 123 Å². The lowest BCUT2D eigenvalue weighted by Crippen LogP contribution is -2.42. The molecule has 2 heterocycles. The Hall–Kier alpha value is -3.05. The molecule has 39 heavy (non-hydrogen) atoms. The summed E-state index contributed by atoms with van der Waals surface area (Å²) in [6, 6.07) is 15.1. The highest BCUT2D eigenvalue weighted by Gasteiger charge is 2.39. The molecule has 4 rings (SSSR count). The van der Waals surface area contributed by atoms with E-state index in [1.165, 1.54) is 16.4 Å². The van der Waals surface area contributed by atoms with Crippen molar-refractivity contribution in [2.45, 2.75) is 69.1 Å². The van der Waals surface area contributed by atoms with E-state index in [1.807, 2.05) is 48.7 Å². The van der Waals surface area contributed by atoms with Crippen LogP contribution in [0.25, 0.3) is 22.4 Å². The number of carboxylic acid groups (broad SMARTS) is 1. The molecule has 1 aliphatic rings. The first-order valence-corrected chi connectivity index (χ1v) is 14.6. The van der Waals surface area contributed by atoms with Gasteiger partial charge < -0.3 is 24.7 Å². The standard InChI is InChI=1S/C29H35FN2O6S/c1-19(2)27-29(39(37,38)31-14-6-15-31)26(20-7-4-3-5-8-20)28(21-9-11-22(30)12-10-21)32(27)16-13-23(33)17-24(34)18-25(35)36/h3-5,7-12,19,23-24,33-34H,6,13-18H2,1-2H3,(H,35,36)/p-1/t23-,24-/m1/s1. The molecule has 0 saturated carbocycles. The molecule has 0 aliphatic carbocycles. The zero-order chi connectivity index (χ0) is 28.3. The number of carboxylic acids is 1. The molecular formula is C29H34FN2O6S-. The first-order chi connectivity index (χ1) is 18.5. The second-order valence-corrected chi connectivity index (χ2v) is 12.2. The summed E-state index contributed by atoms with van der Waals surface area (Å²) in [5, 5.41) is 31.5. The first kappa shape index (κ1) is 28.9. The molecule has 0 spiro atoms. The van der Waals surface area contributed by atoms with Gasteiger partial charge in [-0.25, -0.2) is 12.8 Å². The second kappa shape index (κ2) is 12.0. The summed E-state index contributed by atoms with van der Waals surface area (Å²) >= 11 is 0. The molecule has 2 atom stereocenters. The van der Waals surface area contributed by atoms with Gasteiger partial charge in [-0.2, -0.15) is 4.31 Å². The largest absolute Gasteiger partial charge is 0.550 e. The molecule has 210 valence electrons. The van der Waals surface area contributed by atoms with Gasteiger partial charge in [0, 0.05) is 43.3 Å². The van der Waals surface area contributed by atoms with Crippen molar-refractivity contribution in [2.75, 3.05) is 13.1 Å². The fourth-order valence-electron chi connectivity index (χ4n) is 5.10. The third kappa shape index (κ3) is 6.24. The number of aliphatic carboxylic acids is 1. The lowest BCUT2D eigenvalue weighted by molar-refractivity contribution is -0.307. The minimum absolute atomic E-state index is 0.129. The van der Waals surface area contributed by atoms with Gasteiger partial charge in [-0.3, -0.25) is 0 Å². The summed E-state index contributed by atoms with van der Waals surface area (Å²) in [5.74, 6) is -2.06. The minimum atomic E-state index is -3.88. The van der Waals surface area contributed by atoms with Crippen molar-refractivity contribution < 1.29 is 32.9 Å². The summed E-state index contributed by atoms with van der Waals surface area (Å²) in [4.78, 5) is 11.0. The summed E-state index contributed by atoms with van der Waals surface area (Å²) in [6.45, 7) is 4.86. The average Bonchev–Trinajstić information content (AvgIpc) is 3.18. The Morgan fingerprint density at radius 1 is 1.00 bits per heavy atom. The van der Waals surface area contributed by atoms with Gasteiger partial charge >= 0.3 is 0 Å². The number of aliphatic hydroxyl groups is 2. The maximum Gasteiger partial charge on any atom is 0.245 e. The molecule has 0 bridgehead atoms. The van der Waals surface area contributed by atoms with E-state index in [0.717, 1.165) is 6.42 Å². The van der Waals surface area contributed by atoms with E-state index < -0.39 is 40.4 Å². The van der Waals surface area contributed by atoms with Crippen LogP contribution in [0.4, 0.5) is 4.39 Å². The number of aromatic nitrogens is 1. The van der Waals surface area contributed by atoms with E-state index in [9.17, 15) is 32.9 Å². The molecular weight excluding hydrogens is 523 g/mol. The Kier molecular flexibility index (Phi) is 8.90. The Morgan fingerprint density at radius 2 is 1.64 bits per heavy atom. The van der Waals surface area contributed by atoms with Crippen LogP contribution in [-0.2, 0) is 21.4 Å². The van der Waals surface area contributed by atoms with E-state index in [1.54, 1.807) is 12.1 Å². The highest BCUT2D eigenvalue weighted by molar-refractivity contribution is 7.89. The molecule has 8 nitrogen and oxygen atoms in total. The van der Waals surface area contributed by atoms with Gasteiger partial charge in [-0.05, 0) is 60.6 Å². The number of halogens is 1. The number of carbonyl (C=O) groups is 1. The molecule has 1 fully saturated rings. The third-order valence-corrected chi connectivity index (χ3v) is 9.00. The number of aliphatic hydroxyl groups excluding tert-OH is 2. The molecule has 1 aromatic heterocycles. The molecule has 2 aromatic carbocycles. The Balaban J connectivity index is 1.93. The van der Waals surface area contributed by atoms with E-state index >= 15 is 0 Å². The Labute approximate surface area is 228 Å². The number of benzene rings is 2. The predicted octanol–water partition coefficient (Wildman–Crippen LogP) is 3.12. The zero-order valence-corrected chi connectivity index (χ0v) is 22.9. The van der Waals surface area contributed by atoms with Gasteiger partial charge in [0.2, 0.25) is 10.0 Å². The fraction of sp³-hybridized carbons (Fsp3) is 0.414. The second-order valence-electron chi connectivity index (χ2n) is 10.3. The van der Waals surface area contributed by atoms with E-state index in [4.69, 9.17) is 0 Å². The molecule has 0 unspecified atom stereocenters. The molecule has 3 aromatic rings. The highest BCUT2D eigenvalue weighted by Crippen LogP contribution is 2.46. The van der Waals surface area contributed by atoms with Crippen molar-refractivity contribution >= 4 is 16.0 Å². The van der Waals surface area contributed by atoms with Crippen LogP contribution in [0.15, 0.2) is 59.5 Å². The fourth-order valence-corrected chi connectivity index (χ4v) is 7.18. The van der Waals surface area contributed by atoms with Crippen molar-refractivity contribution in [3.63, 3.8) is 0 Å². The zero-order valence-electron chi connectivity index (χ0n) is 22.1. The lowest BCUT2D eigenvalue weighted by Gasteiger charge is -2.30. The molecule has 0 amide bonds. The van der Waals surface area contributed by atoms with Crippen LogP contribution >= 0.6 is 0 Å². The maximum absolute atomic E-state index is 14.1. The van der Waals surface area contributed by atoms with E-state index in [2.05, 4.69) is 0 Å². The van der Waals surface area contributed by atoms with Crippen LogP contribution in [0.5, 0.6) is 0 Å². The number of hydrogen-bond acceptors (Lipinski definition) is 6. The van der Waals surface area contributed by atoms with Gasteiger partial charge in [0.15, 0.2) is 0 Å². The number of nitrogens with zero attached hydrogens (tertiary/aromatic N) is 2. The van der Waals surface area contributed by atoms with Gasteiger partial charge in [0.1, 0.15) is 10.7 Å². The Bertz CT molecular complexity index is 1400. The monoisotopic (exact) mass is 557 g/mol. The van der Waals surface area contributed by atoms with Crippen LogP contribution in [0.3, 0.4) is 0 Å². The van der Waals surface area contributed by atoms with Crippen molar-refractivity contribution in [2.24, 2.45) is 0 Å². The Morgan fingerprint density at radius 3 is 2.18 bits per heavy atom. The van der Waals surface area contributed by atoms with Crippen LogP contribution in [0, 0.1) is 5.82 Å². The number of carbonyl (C=O) groups excluding carboxylic acids is 1. The quantitative estimate of drug-likeness (QED) is 0.353. The highest BCUT2D eigenvalue weighted by atomic mass is 32.2. The average molecular weight is 558 g/mol. The maximum atomic E-state index is 14.1. The molecule has 2 N–H and O–H groups in total. The number of sulfonamides is 1. The molecule has 1 saturated heterocycles. The van der Waals surface area contributed by atoms with Crippen molar-refractivity contribution in [3.8, 4) is 22.4 Å². The lowest BCUT2D eigenvalue weighted by atomic mass is 10.0. The van der Waals surface area contributed by atoms with Crippen LogP contribution in [0.1, 0.15) is 51.1 Å². The first-order valence-electron chi connectivity index (χ1n) is 13.1. The SMILES string of the molecule is CC(C)c1c(S(=O)(=O)N2CCC2)c(-c2ccccc2)c(-c2ccc(F)cc2)n1CC[C@@H](O)C[C@@H](O)CC(=O)[O-]. The van der Waals surface area contributed by atoms with Crippen LogP contribution < -0.4 is 5.11 Å². The van der Waals surface area contributed by atoms with Crippen molar-refractivity contribution in [1.82, 2.24) is 8.87 Å². The predicted molar refractivity (Wildman–Crippen MR) is 144 cm³/mol. The third-order valence-electron chi connectivity index (χ3n) is 7.03. The molecule has 1 aliphatic heterocycles. The van der Waals surface area contributed by atoms with Crippen molar-refractivity contribution in [3.05, 3.63) is 66.1 Å². The molecule has 0 radical (unpaired) electrons. The van der Waals surface area contributed by atoms with Gasteiger partial charge in [-0.1, -0.05) is 44.2 Å². The van der Waals surface area contributed by atoms with Gasteiger partial charge in [-0.15, -0.1) is 0 Å².